The van der Waals surface area contributed by atoms with Crippen LogP contribution in [-0.4, -0.2) is 28.1 Å². The Morgan fingerprint density at radius 3 is 2.39 bits per heavy atom. The molecule has 1 unspecified atom stereocenters. The van der Waals surface area contributed by atoms with Crippen molar-refractivity contribution in [2.75, 3.05) is 6.61 Å². The quantitative estimate of drug-likeness (QED) is 0.483. The molecule has 4 nitrogen and oxygen atoms in total. The zero-order valence-electron chi connectivity index (χ0n) is 19.0. The standard InChI is InChI=1S/C27H28F2N2O2/c1-17(21-11-12-30-18(2)14-21)13-24(23-10-9-22(28)15-25(23)29)19-5-7-20(8-6-19)26(33)31-27(3,4)16-32/h5-12,14-15,24,32H,1,13,16H2,2-4H3,(H,31,33). The molecule has 0 fully saturated rings. The molecule has 3 aromatic rings. The van der Waals surface area contributed by atoms with Crippen molar-refractivity contribution in [2.24, 2.45) is 0 Å². The first-order chi connectivity index (χ1) is 15.6. The number of aliphatic hydroxyl groups excluding tert-OH is 1. The van der Waals surface area contributed by atoms with E-state index in [-0.39, 0.29) is 12.5 Å². The highest BCUT2D eigenvalue weighted by Gasteiger charge is 2.23. The molecule has 0 aliphatic carbocycles. The van der Waals surface area contributed by atoms with E-state index in [1.165, 1.54) is 12.1 Å². The molecule has 1 aromatic heterocycles. The molecule has 1 amide bonds. The van der Waals surface area contributed by atoms with Crippen LogP contribution in [0.5, 0.6) is 0 Å². The lowest BCUT2D eigenvalue weighted by molar-refractivity contribution is 0.0869. The molecular formula is C27H28F2N2O2. The van der Waals surface area contributed by atoms with Gasteiger partial charge in [0, 0.05) is 29.4 Å². The van der Waals surface area contributed by atoms with Crippen molar-refractivity contribution in [1.29, 1.82) is 0 Å². The molecule has 172 valence electrons. The van der Waals surface area contributed by atoms with Crippen LogP contribution >= 0.6 is 0 Å². The smallest absolute Gasteiger partial charge is 0.251 e. The number of hydrogen-bond donors (Lipinski definition) is 2. The first-order valence-corrected chi connectivity index (χ1v) is 10.7. The van der Waals surface area contributed by atoms with Gasteiger partial charge in [-0.3, -0.25) is 9.78 Å². The number of allylic oxidation sites excluding steroid dienone is 1. The largest absolute Gasteiger partial charge is 0.394 e. The van der Waals surface area contributed by atoms with Crippen LogP contribution in [0.15, 0.2) is 67.4 Å². The van der Waals surface area contributed by atoms with Gasteiger partial charge in [0.15, 0.2) is 0 Å². The van der Waals surface area contributed by atoms with E-state index in [0.29, 0.717) is 17.5 Å². The Morgan fingerprint density at radius 1 is 1.09 bits per heavy atom. The molecule has 2 N–H and O–H groups in total. The fourth-order valence-electron chi connectivity index (χ4n) is 3.61. The van der Waals surface area contributed by atoms with E-state index in [9.17, 15) is 18.7 Å². The van der Waals surface area contributed by atoms with E-state index < -0.39 is 23.1 Å². The number of nitrogens with zero attached hydrogens (tertiary/aromatic N) is 1. The van der Waals surface area contributed by atoms with Crippen LogP contribution in [0.25, 0.3) is 5.57 Å². The summed E-state index contributed by atoms with van der Waals surface area (Å²) in [7, 11) is 0. The van der Waals surface area contributed by atoms with Gasteiger partial charge in [0.25, 0.3) is 5.91 Å². The van der Waals surface area contributed by atoms with Crippen LogP contribution in [0.2, 0.25) is 0 Å². The van der Waals surface area contributed by atoms with Crippen molar-refractivity contribution >= 4 is 11.5 Å². The van der Waals surface area contributed by atoms with E-state index in [4.69, 9.17) is 0 Å². The molecule has 0 saturated heterocycles. The molecule has 33 heavy (non-hydrogen) atoms. The summed E-state index contributed by atoms with van der Waals surface area (Å²) in [5, 5.41) is 12.2. The number of aryl methyl sites for hydroxylation is 1. The summed E-state index contributed by atoms with van der Waals surface area (Å²) >= 11 is 0. The first-order valence-electron chi connectivity index (χ1n) is 10.7. The molecular weight excluding hydrogens is 422 g/mol. The number of nitrogens with one attached hydrogen (secondary N) is 1. The molecule has 2 aromatic carbocycles. The second-order valence-corrected chi connectivity index (χ2v) is 8.83. The molecule has 1 heterocycles. The summed E-state index contributed by atoms with van der Waals surface area (Å²) in [5.74, 6) is -2.03. The maximum absolute atomic E-state index is 14.8. The third-order valence-electron chi connectivity index (χ3n) is 5.52. The zero-order chi connectivity index (χ0) is 24.2. The van der Waals surface area contributed by atoms with Crippen molar-refractivity contribution in [1.82, 2.24) is 10.3 Å². The summed E-state index contributed by atoms with van der Waals surface area (Å²) in [6.45, 7) is 9.32. The van der Waals surface area contributed by atoms with E-state index in [1.54, 1.807) is 44.3 Å². The summed E-state index contributed by atoms with van der Waals surface area (Å²) in [4.78, 5) is 16.7. The van der Waals surface area contributed by atoms with Gasteiger partial charge in [-0.2, -0.15) is 0 Å². The minimum Gasteiger partial charge on any atom is -0.394 e. The second-order valence-electron chi connectivity index (χ2n) is 8.83. The predicted molar refractivity (Wildman–Crippen MR) is 126 cm³/mol. The van der Waals surface area contributed by atoms with Crippen molar-refractivity contribution in [3.05, 3.63) is 107 Å². The Morgan fingerprint density at radius 2 is 1.79 bits per heavy atom. The molecule has 0 radical (unpaired) electrons. The third kappa shape index (κ3) is 6.11. The van der Waals surface area contributed by atoms with Gasteiger partial charge in [-0.1, -0.05) is 24.8 Å². The van der Waals surface area contributed by atoms with Crippen LogP contribution < -0.4 is 5.32 Å². The normalized spacial score (nSPS) is 12.3. The fourth-order valence-corrected chi connectivity index (χ4v) is 3.61. The Balaban J connectivity index is 1.94. The number of hydrogen-bond acceptors (Lipinski definition) is 3. The summed E-state index contributed by atoms with van der Waals surface area (Å²) in [6, 6.07) is 14.2. The number of aliphatic hydroxyl groups is 1. The van der Waals surface area contributed by atoms with Crippen molar-refractivity contribution in [3.63, 3.8) is 0 Å². The van der Waals surface area contributed by atoms with E-state index in [1.807, 2.05) is 19.1 Å². The summed E-state index contributed by atoms with van der Waals surface area (Å²) in [5.41, 5.74) is 3.32. The highest BCUT2D eigenvalue weighted by molar-refractivity contribution is 5.94. The number of carbonyl (C=O) groups excluding carboxylic acids is 1. The van der Waals surface area contributed by atoms with Crippen molar-refractivity contribution in [2.45, 2.75) is 38.6 Å². The number of pyridine rings is 1. The molecule has 1 atom stereocenters. The molecule has 3 rings (SSSR count). The van der Waals surface area contributed by atoms with Crippen LogP contribution in [0.3, 0.4) is 0 Å². The van der Waals surface area contributed by atoms with E-state index >= 15 is 0 Å². The average molecular weight is 451 g/mol. The van der Waals surface area contributed by atoms with E-state index in [0.717, 1.165) is 28.5 Å². The maximum Gasteiger partial charge on any atom is 0.251 e. The summed E-state index contributed by atoms with van der Waals surface area (Å²) in [6.07, 6.45) is 2.10. The fraction of sp³-hybridized carbons (Fsp3) is 0.259. The van der Waals surface area contributed by atoms with Crippen LogP contribution in [0, 0.1) is 18.6 Å². The number of rotatable bonds is 8. The van der Waals surface area contributed by atoms with Crippen molar-refractivity contribution in [3.8, 4) is 0 Å². The Bertz CT molecular complexity index is 1160. The lowest BCUT2D eigenvalue weighted by atomic mass is 9.84. The summed E-state index contributed by atoms with van der Waals surface area (Å²) < 4.78 is 28.3. The maximum atomic E-state index is 14.8. The number of carbonyl (C=O) groups is 1. The van der Waals surface area contributed by atoms with Gasteiger partial charge in [0.1, 0.15) is 11.6 Å². The lowest BCUT2D eigenvalue weighted by Gasteiger charge is -2.24. The number of halogens is 2. The van der Waals surface area contributed by atoms with Crippen LogP contribution in [-0.2, 0) is 0 Å². The average Bonchev–Trinajstić information content (AvgIpc) is 2.77. The Labute approximate surface area is 193 Å². The highest BCUT2D eigenvalue weighted by Crippen LogP contribution is 2.35. The van der Waals surface area contributed by atoms with Crippen molar-refractivity contribution < 1.29 is 18.7 Å². The van der Waals surface area contributed by atoms with Gasteiger partial charge in [0.05, 0.1) is 12.1 Å². The SMILES string of the molecule is C=C(CC(c1ccc(C(=O)NC(C)(C)CO)cc1)c1ccc(F)cc1F)c1ccnc(C)c1. The lowest BCUT2D eigenvalue weighted by Crippen LogP contribution is -2.46. The van der Waals surface area contributed by atoms with Gasteiger partial charge >= 0.3 is 0 Å². The van der Waals surface area contributed by atoms with Gasteiger partial charge in [-0.15, -0.1) is 0 Å². The van der Waals surface area contributed by atoms with Crippen LogP contribution in [0.1, 0.15) is 58.9 Å². The van der Waals surface area contributed by atoms with Crippen LogP contribution in [0.4, 0.5) is 8.78 Å². The van der Waals surface area contributed by atoms with Gasteiger partial charge < -0.3 is 10.4 Å². The number of amides is 1. The van der Waals surface area contributed by atoms with Gasteiger partial charge in [-0.05, 0) is 79.8 Å². The minimum atomic E-state index is -0.754. The second kappa shape index (κ2) is 10.0. The number of benzene rings is 2. The topological polar surface area (TPSA) is 62.2 Å². The Kier molecular flexibility index (Phi) is 7.39. The minimum absolute atomic E-state index is 0.195. The molecule has 0 bridgehead atoms. The van der Waals surface area contributed by atoms with Gasteiger partial charge in [-0.25, -0.2) is 8.78 Å². The molecule has 0 spiro atoms. The Hall–Kier alpha value is -3.38. The highest BCUT2D eigenvalue weighted by atomic mass is 19.1. The predicted octanol–water partition coefficient (Wildman–Crippen LogP) is 5.40. The van der Waals surface area contributed by atoms with E-state index in [2.05, 4.69) is 16.9 Å². The third-order valence-corrected chi connectivity index (χ3v) is 5.52. The monoisotopic (exact) mass is 450 g/mol. The van der Waals surface area contributed by atoms with Gasteiger partial charge in [0.2, 0.25) is 0 Å². The first kappa shape index (κ1) is 24.3. The molecule has 0 aliphatic heterocycles. The number of aromatic nitrogens is 1. The molecule has 6 heteroatoms. The molecule has 0 aliphatic rings. The molecule has 0 saturated carbocycles. The zero-order valence-corrected chi connectivity index (χ0v) is 19.0.